The average molecular weight is 546 g/mol. The maximum Gasteiger partial charge on any atom is 0.416 e. The highest BCUT2D eigenvalue weighted by molar-refractivity contribution is 5.83. The highest BCUT2D eigenvalue weighted by atomic mass is 19.4. The minimum Gasteiger partial charge on any atom is -0.395 e. The number of aliphatic hydroxyl groups excluding tert-OH is 1. The normalized spacial score (nSPS) is 16.6. The molecule has 1 heterocycles. The van der Waals surface area contributed by atoms with Crippen molar-refractivity contribution in [3.8, 4) is 0 Å². The van der Waals surface area contributed by atoms with Crippen LogP contribution in [0.1, 0.15) is 41.1 Å². The first-order chi connectivity index (χ1) is 17.8. The average Bonchev–Trinajstić information content (AvgIpc) is 2.87. The summed E-state index contributed by atoms with van der Waals surface area (Å²) in [6.07, 6.45) is -8.42. The van der Waals surface area contributed by atoms with Gasteiger partial charge >= 0.3 is 12.4 Å². The standard InChI is InChI=1S/C27H33F6N3O2/c1-34(14-15-37)23-9-12-36(13-10-23)24(20-6-4-3-5-7-20)25(38)35(2)11-8-19-16-21(26(28,29)30)18-22(17-19)27(31,32)33/h3-7,16-18,23-24,37H,8-15H2,1-2H3/t24-/m0/s1. The second-order valence-electron chi connectivity index (χ2n) is 9.71. The van der Waals surface area contributed by atoms with Gasteiger partial charge in [0.05, 0.1) is 17.7 Å². The Morgan fingerprint density at radius 2 is 1.50 bits per heavy atom. The Hall–Kier alpha value is -2.63. The quantitative estimate of drug-likeness (QED) is 0.458. The Bertz CT molecular complexity index is 1020. The molecule has 0 saturated carbocycles. The smallest absolute Gasteiger partial charge is 0.395 e. The molecule has 0 unspecified atom stereocenters. The number of likely N-dealkylation sites (N-methyl/N-ethyl adjacent to an activating group) is 2. The number of carbonyl (C=O) groups excluding carboxylic acids is 1. The fourth-order valence-electron chi connectivity index (χ4n) is 4.85. The number of aliphatic hydroxyl groups is 1. The molecule has 2 aromatic rings. The molecule has 1 amide bonds. The third-order valence-electron chi connectivity index (χ3n) is 7.05. The largest absolute Gasteiger partial charge is 0.416 e. The lowest BCUT2D eigenvalue weighted by Gasteiger charge is -2.40. The Labute approximate surface area is 218 Å². The lowest BCUT2D eigenvalue weighted by Crippen LogP contribution is -2.49. The van der Waals surface area contributed by atoms with E-state index in [1.165, 1.54) is 11.9 Å². The molecule has 0 aromatic heterocycles. The van der Waals surface area contributed by atoms with Crippen molar-refractivity contribution in [2.24, 2.45) is 0 Å². The van der Waals surface area contributed by atoms with Gasteiger partial charge in [-0.2, -0.15) is 26.3 Å². The molecule has 1 aliphatic heterocycles. The zero-order valence-electron chi connectivity index (χ0n) is 21.4. The van der Waals surface area contributed by atoms with Gasteiger partial charge < -0.3 is 14.9 Å². The van der Waals surface area contributed by atoms with Crippen molar-refractivity contribution in [1.29, 1.82) is 0 Å². The molecule has 0 spiro atoms. The number of rotatable bonds is 9. The van der Waals surface area contributed by atoms with Crippen molar-refractivity contribution in [3.63, 3.8) is 0 Å². The molecule has 2 aromatic carbocycles. The van der Waals surface area contributed by atoms with Crippen molar-refractivity contribution in [1.82, 2.24) is 14.7 Å². The van der Waals surface area contributed by atoms with Gasteiger partial charge in [-0.15, -0.1) is 0 Å². The number of alkyl halides is 6. The second kappa shape index (κ2) is 12.5. The summed E-state index contributed by atoms with van der Waals surface area (Å²) in [6, 6.07) is 10.3. The number of hydrogen-bond acceptors (Lipinski definition) is 4. The monoisotopic (exact) mass is 545 g/mol. The van der Waals surface area contributed by atoms with Crippen molar-refractivity contribution >= 4 is 5.91 Å². The predicted octanol–water partition coefficient (Wildman–Crippen LogP) is 4.85. The zero-order chi connectivity index (χ0) is 28.1. The number of benzene rings is 2. The third kappa shape index (κ3) is 7.70. The molecule has 210 valence electrons. The zero-order valence-corrected chi connectivity index (χ0v) is 21.4. The second-order valence-corrected chi connectivity index (χ2v) is 9.71. The van der Waals surface area contributed by atoms with Crippen molar-refractivity contribution in [2.45, 2.75) is 43.7 Å². The molecule has 11 heteroatoms. The minimum absolute atomic E-state index is 0.0452. The van der Waals surface area contributed by atoms with Crippen molar-refractivity contribution in [2.75, 3.05) is 46.9 Å². The van der Waals surface area contributed by atoms with E-state index in [1.807, 2.05) is 37.4 Å². The van der Waals surface area contributed by atoms with Gasteiger partial charge in [0.1, 0.15) is 6.04 Å². The van der Waals surface area contributed by atoms with Crippen molar-refractivity contribution in [3.05, 3.63) is 70.8 Å². The highest BCUT2D eigenvalue weighted by Crippen LogP contribution is 2.36. The van der Waals surface area contributed by atoms with Crippen LogP contribution >= 0.6 is 0 Å². The maximum absolute atomic E-state index is 13.6. The summed E-state index contributed by atoms with van der Waals surface area (Å²) in [5.74, 6) is -0.276. The predicted molar refractivity (Wildman–Crippen MR) is 131 cm³/mol. The molecule has 3 rings (SSSR count). The first-order valence-corrected chi connectivity index (χ1v) is 12.4. The van der Waals surface area contributed by atoms with E-state index in [2.05, 4.69) is 9.80 Å². The van der Waals surface area contributed by atoms with E-state index < -0.39 is 29.5 Å². The summed E-state index contributed by atoms with van der Waals surface area (Å²) in [7, 11) is 3.46. The van der Waals surface area contributed by atoms with Crippen LogP contribution in [0.25, 0.3) is 0 Å². The Morgan fingerprint density at radius 3 is 2.00 bits per heavy atom. The molecule has 1 saturated heterocycles. The van der Waals surface area contributed by atoms with Gasteiger partial charge in [-0.25, -0.2) is 0 Å². The van der Waals surface area contributed by atoms with Gasteiger partial charge in [-0.05, 0) is 55.6 Å². The van der Waals surface area contributed by atoms with Crippen LogP contribution in [0.4, 0.5) is 26.3 Å². The first kappa shape index (κ1) is 29.9. The van der Waals surface area contributed by atoms with E-state index in [9.17, 15) is 36.2 Å². The first-order valence-electron chi connectivity index (χ1n) is 12.4. The molecule has 0 bridgehead atoms. The number of likely N-dealkylation sites (tertiary alicyclic amines) is 1. The van der Waals surface area contributed by atoms with Gasteiger partial charge in [0.2, 0.25) is 5.91 Å². The topological polar surface area (TPSA) is 47.0 Å². The third-order valence-corrected chi connectivity index (χ3v) is 7.05. The Kier molecular flexibility index (Phi) is 9.83. The van der Waals surface area contributed by atoms with Gasteiger partial charge in [0.15, 0.2) is 0 Å². The maximum atomic E-state index is 13.6. The van der Waals surface area contributed by atoms with Crippen LogP contribution in [0.15, 0.2) is 48.5 Å². The van der Waals surface area contributed by atoms with Crippen LogP contribution in [0.2, 0.25) is 0 Å². The van der Waals surface area contributed by atoms with Crippen LogP contribution in [-0.2, 0) is 23.6 Å². The minimum atomic E-state index is -4.92. The molecule has 1 fully saturated rings. The molecule has 0 aliphatic carbocycles. The number of amides is 1. The van der Waals surface area contributed by atoms with Crippen LogP contribution < -0.4 is 0 Å². The van der Waals surface area contributed by atoms with Crippen LogP contribution in [0.3, 0.4) is 0 Å². The van der Waals surface area contributed by atoms with E-state index >= 15 is 0 Å². The van der Waals surface area contributed by atoms with Crippen molar-refractivity contribution < 1.29 is 36.2 Å². The van der Waals surface area contributed by atoms with Gasteiger partial charge in [0, 0.05) is 39.3 Å². The lowest BCUT2D eigenvalue weighted by atomic mass is 9.97. The molecule has 1 N–H and O–H groups in total. The summed E-state index contributed by atoms with van der Waals surface area (Å²) >= 11 is 0. The Morgan fingerprint density at radius 1 is 0.947 bits per heavy atom. The summed E-state index contributed by atoms with van der Waals surface area (Å²) in [5, 5.41) is 9.22. The molecule has 38 heavy (non-hydrogen) atoms. The number of carbonyl (C=O) groups is 1. The summed E-state index contributed by atoms with van der Waals surface area (Å²) in [6.45, 7) is 1.82. The van der Waals surface area contributed by atoms with Gasteiger partial charge in [-0.1, -0.05) is 30.3 Å². The lowest BCUT2D eigenvalue weighted by molar-refractivity contribution is -0.143. The number of nitrogens with zero attached hydrogens (tertiary/aromatic N) is 3. The SMILES string of the molecule is CN(CCc1cc(C(F)(F)F)cc(C(F)(F)F)c1)C(=O)[C@H](c1ccccc1)N1CCC(N(C)CCO)CC1. The summed E-state index contributed by atoms with van der Waals surface area (Å²) in [4.78, 5) is 19.1. The molecular weight excluding hydrogens is 512 g/mol. The molecule has 5 nitrogen and oxygen atoms in total. The van der Waals surface area contributed by atoms with E-state index in [1.54, 1.807) is 0 Å². The molecule has 1 atom stereocenters. The number of halogens is 6. The molecule has 1 aliphatic rings. The van der Waals surface area contributed by atoms with Crippen LogP contribution in [0.5, 0.6) is 0 Å². The number of hydrogen-bond donors (Lipinski definition) is 1. The molecule has 0 radical (unpaired) electrons. The van der Waals surface area contributed by atoms with E-state index in [-0.39, 0.29) is 43.2 Å². The van der Waals surface area contributed by atoms with Gasteiger partial charge in [-0.3, -0.25) is 9.69 Å². The summed E-state index contributed by atoms with van der Waals surface area (Å²) < 4.78 is 79.4. The molecular formula is C27H33F6N3O2. The fourth-order valence-corrected chi connectivity index (χ4v) is 4.85. The van der Waals surface area contributed by atoms with E-state index in [4.69, 9.17) is 0 Å². The van der Waals surface area contributed by atoms with Crippen LogP contribution in [0, 0.1) is 0 Å². The van der Waals surface area contributed by atoms with Gasteiger partial charge in [0.25, 0.3) is 0 Å². The summed E-state index contributed by atoms with van der Waals surface area (Å²) in [5.41, 5.74) is -2.11. The fraction of sp³-hybridized carbons (Fsp3) is 0.519. The number of piperidine rings is 1. The highest BCUT2D eigenvalue weighted by Gasteiger charge is 2.37. The van der Waals surface area contributed by atoms with Crippen LogP contribution in [-0.4, -0.2) is 78.6 Å². The Balaban J connectivity index is 1.76. The van der Waals surface area contributed by atoms with E-state index in [0.29, 0.717) is 31.8 Å². The van der Waals surface area contributed by atoms with E-state index in [0.717, 1.165) is 18.4 Å².